The number of rotatable bonds is 7. The topological polar surface area (TPSA) is 3.24 Å². The Labute approximate surface area is 356 Å². The van der Waals surface area contributed by atoms with Crippen LogP contribution in [0, 0.1) is 0 Å². The van der Waals surface area contributed by atoms with E-state index in [1.165, 1.54) is 4.90 Å². The molecule has 11 aromatic rings. The maximum atomic E-state index is 10.1. The minimum absolute atomic E-state index is 0.105. The van der Waals surface area contributed by atoms with Crippen LogP contribution < -0.4 is 4.90 Å². The molecular formula is C58H39N. The maximum absolute atomic E-state index is 10.1. The van der Waals surface area contributed by atoms with Crippen molar-refractivity contribution in [1.82, 2.24) is 0 Å². The number of fused-ring (bicyclic) bond motifs is 6. The van der Waals surface area contributed by atoms with E-state index in [1.54, 1.807) is 6.07 Å². The molecule has 0 aliphatic heterocycles. The molecule has 0 radical (unpaired) electrons. The van der Waals surface area contributed by atoms with Crippen LogP contribution in [0.4, 0.5) is 17.1 Å². The Kier molecular flexibility index (Phi) is 6.70. The van der Waals surface area contributed by atoms with Crippen LogP contribution in [0.2, 0.25) is 0 Å². The summed E-state index contributed by atoms with van der Waals surface area (Å²) in [5, 5.41) is 6.75. The molecule has 0 atom stereocenters. The molecule has 0 unspecified atom stereocenters. The molecule has 0 aromatic heterocycles. The van der Waals surface area contributed by atoms with E-state index in [9.17, 15) is 11.0 Å². The van der Waals surface area contributed by atoms with E-state index in [2.05, 4.69) is 6.07 Å². The van der Waals surface area contributed by atoms with E-state index in [0.29, 0.717) is 22.2 Å². The van der Waals surface area contributed by atoms with Gasteiger partial charge in [0.1, 0.15) is 0 Å². The van der Waals surface area contributed by atoms with Crippen LogP contribution >= 0.6 is 0 Å². The third-order valence-corrected chi connectivity index (χ3v) is 11.2. The summed E-state index contributed by atoms with van der Waals surface area (Å²) in [6.45, 7) is 0. The number of hydrogen-bond acceptors (Lipinski definition) is 1. The lowest BCUT2D eigenvalue weighted by atomic mass is 9.85. The first-order valence-corrected chi connectivity index (χ1v) is 19.7. The molecule has 11 rings (SSSR count). The quantitative estimate of drug-likeness (QED) is 0.146. The van der Waals surface area contributed by atoms with Gasteiger partial charge in [-0.2, -0.15) is 0 Å². The SMILES string of the molecule is [2H]c1c([2H])c(N(c2c([2H])c([2H])c(-c3c(-c4ccccc4)c4ccccc4c4ccccc34)c([2H])c2[2H])c2cc3ccccc3c3ccccc23)c([2H])c([2H])c1-c1ccccc1-c1ccccc1. The van der Waals surface area contributed by atoms with Crippen molar-refractivity contribution in [3.8, 4) is 44.5 Å². The molecule has 0 saturated carbocycles. The molecule has 1 nitrogen and oxygen atoms in total. The molecule has 0 amide bonds. The number of nitrogens with zero attached hydrogens (tertiary/aromatic N) is 1. The van der Waals surface area contributed by atoms with Crippen LogP contribution in [-0.4, -0.2) is 0 Å². The molecule has 0 heterocycles. The Morgan fingerprint density at radius 1 is 0.288 bits per heavy atom. The zero-order valence-electron chi connectivity index (χ0n) is 39.8. The van der Waals surface area contributed by atoms with Gasteiger partial charge in [-0.3, -0.25) is 0 Å². The van der Waals surface area contributed by atoms with Crippen LogP contribution in [-0.2, 0) is 0 Å². The van der Waals surface area contributed by atoms with E-state index < -0.39 is 24.2 Å². The van der Waals surface area contributed by atoms with Gasteiger partial charge < -0.3 is 4.90 Å². The molecule has 1 heteroatoms. The van der Waals surface area contributed by atoms with Gasteiger partial charge >= 0.3 is 0 Å². The van der Waals surface area contributed by atoms with E-state index in [4.69, 9.17) is 0 Å². The van der Waals surface area contributed by atoms with Gasteiger partial charge in [0, 0.05) is 16.8 Å². The van der Waals surface area contributed by atoms with Crippen molar-refractivity contribution in [2.24, 2.45) is 0 Å². The standard InChI is InChI=1S/C58H39N/c1-3-17-40(18-4-1)47-22-9-10-23-48(47)41-31-35-45(36-32-41)59(56-39-44-21-7-8-24-49(44)50-25-11-14-28-53(50)56)46-37-33-43(34-38-46)58-55-30-16-13-27-52(55)51-26-12-15-29-54(51)57(58)42-19-5-2-6-20-42/h1-39H/i31D,32D,33D,34D,35D,36D,37D,38D. The van der Waals surface area contributed by atoms with Crippen LogP contribution in [0.25, 0.3) is 87.6 Å². The molecule has 0 aliphatic rings. The fourth-order valence-corrected chi connectivity index (χ4v) is 8.54. The molecule has 0 saturated heterocycles. The fraction of sp³-hybridized carbons (Fsp3) is 0. The predicted octanol–water partition coefficient (Wildman–Crippen LogP) is 16.4. The molecule has 59 heavy (non-hydrogen) atoms. The molecular weight excluding hydrogens is 711 g/mol. The largest absolute Gasteiger partial charge is 0.310 e. The number of benzene rings is 11. The maximum Gasteiger partial charge on any atom is 0.0645 e. The summed E-state index contributed by atoms with van der Waals surface area (Å²) in [7, 11) is 0. The van der Waals surface area contributed by atoms with Crippen LogP contribution in [0.1, 0.15) is 11.0 Å². The Morgan fingerprint density at radius 2 is 0.678 bits per heavy atom. The highest BCUT2D eigenvalue weighted by atomic mass is 15.1. The van der Waals surface area contributed by atoms with Crippen molar-refractivity contribution in [1.29, 1.82) is 0 Å². The van der Waals surface area contributed by atoms with Crippen molar-refractivity contribution >= 4 is 60.2 Å². The lowest BCUT2D eigenvalue weighted by Gasteiger charge is -2.28. The fourth-order valence-electron chi connectivity index (χ4n) is 8.54. The summed E-state index contributed by atoms with van der Waals surface area (Å²) >= 11 is 0. The summed E-state index contributed by atoms with van der Waals surface area (Å²) in [4.78, 5) is 1.43. The average molecular weight is 758 g/mol. The molecule has 0 fully saturated rings. The van der Waals surface area contributed by atoms with E-state index in [-0.39, 0.29) is 46.7 Å². The zero-order valence-corrected chi connectivity index (χ0v) is 31.8. The highest BCUT2D eigenvalue weighted by Gasteiger charge is 2.21. The highest BCUT2D eigenvalue weighted by Crippen LogP contribution is 2.47. The molecule has 0 aliphatic carbocycles. The van der Waals surface area contributed by atoms with Gasteiger partial charge in [-0.25, -0.2) is 0 Å². The normalized spacial score (nSPS) is 13.3. The summed E-state index contributed by atoms with van der Waals surface area (Å²) in [5.41, 5.74) is 4.46. The van der Waals surface area contributed by atoms with E-state index in [1.807, 2.05) is 176 Å². The van der Waals surface area contributed by atoms with E-state index >= 15 is 0 Å². The van der Waals surface area contributed by atoms with Crippen LogP contribution in [0.3, 0.4) is 0 Å². The lowest BCUT2D eigenvalue weighted by Crippen LogP contribution is -2.10. The average Bonchev–Trinajstić information content (AvgIpc) is 3.37. The van der Waals surface area contributed by atoms with Gasteiger partial charge in [0.05, 0.1) is 16.7 Å². The predicted molar refractivity (Wildman–Crippen MR) is 253 cm³/mol. The second kappa shape index (κ2) is 14.6. The third-order valence-electron chi connectivity index (χ3n) is 11.2. The Bertz CT molecular complexity index is 3740. The van der Waals surface area contributed by atoms with Gasteiger partial charge in [0.25, 0.3) is 0 Å². The molecule has 0 bridgehead atoms. The van der Waals surface area contributed by atoms with Gasteiger partial charge in [-0.15, -0.1) is 0 Å². The zero-order chi connectivity index (χ0) is 46.1. The first-order valence-electron chi connectivity index (χ1n) is 23.7. The van der Waals surface area contributed by atoms with Crippen molar-refractivity contribution < 1.29 is 11.0 Å². The second-order valence-corrected chi connectivity index (χ2v) is 14.6. The molecule has 276 valence electrons. The monoisotopic (exact) mass is 757 g/mol. The summed E-state index contributed by atoms with van der Waals surface area (Å²) in [6, 6.07) is 57.1. The molecule has 11 aromatic carbocycles. The number of hydrogen-bond donors (Lipinski definition) is 0. The van der Waals surface area contributed by atoms with Crippen molar-refractivity contribution in [2.45, 2.75) is 0 Å². The van der Waals surface area contributed by atoms with Gasteiger partial charge in [0.15, 0.2) is 0 Å². The highest BCUT2D eigenvalue weighted by molar-refractivity contribution is 6.21. The third kappa shape index (κ3) is 6.04. The van der Waals surface area contributed by atoms with E-state index in [0.717, 1.165) is 60.0 Å². The van der Waals surface area contributed by atoms with Crippen molar-refractivity contribution in [2.75, 3.05) is 4.90 Å². The lowest BCUT2D eigenvalue weighted by molar-refractivity contribution is 1.30. The summed E-state index contributed by atoms with van der Waals surface area (Å²) in [6.07, 6.45) is 0. The Morgan fingerprint density at radius 3 is 1.25 bits per heavy atom. The molecule has 0 N–H and O–H groups in total. The Hall–Kier alpha value is -7.74. The minimum atomic E-state index is -0.403. The van der Waals surface area contributed by atoms with Crippen LogP contribution in [0.15, 0.2) is 236 Å². The first kappa shape index (κ1) is 27.0. The molecule has 0 spiro atoms. The van der Waals surface area contributed by atoms with Crippen molar-refractivity contribution in [3.63, 3.8) is 0 Å². The van der Waals surface area contributed by atoms with Crippen molar-refractivity contribution in [3.05, 3.63) is 236 Å². The number of anilines is 3. The smallest absolute Gasteiger partial charge is 0.0645 e. The summed E-state index contributed by atoms with van der Waals surface area (Å²) < 4.78 is 79.3. The van der Waals surface area contributed by atoms with Gasteiger partial charge in [-0.05, 0) is 112 Å². The Balaban J connectivity index is 1.25. The minimum Gasteiger partial charge on any atom is -0.310 e. The van der Waals surface area contributed by atoms with Crippen LogP contribution in [0.5, 0.6) is 0 Å². The van der Waals surface area contributed by atoms with Gasteiger partial charge in [0.2, 0.25) is 0 Å². The second-order valence-electron chi connectivity index (χ2n) is 14.6. The first-order chi connectivity index (χ1) is 32.7. The van der Waals surface area contributed by atoms with Gasteiger partial charge in [-0.1, -0.05) is 206 Å². The summed E-state index contributed by atoms with van der Waals surface area (Å²) in [5.74, 6) is 0.